The van der Waals surface area contributed by atoms with Crippen LogP contribution in [0.25, 0.3) is 6.08 Å². The van der Waals surface area contributed by atoms with E-state index in [4.69, 9.17) is 0 Å². The van der Waals surface area contributed by atoms with Gasteiger partial charge in [0.25, 0.3) is 5.91 Å². The molecule has 1 saturated heterocycles. The second kappa shape index (κ2) is 6.49. The van der Waals surface area contributed by atoms with Gasteiger partial charge in [-0.2, -0.15) is 0 Å². The van der Waals surface area contributed by atoms with E-state index in [-0.39, 0.29) is 23.9 Å². The van der Waals surface area contributed by atoms with Gasteiger partial charge in [0.05, 0.1) is 11.0 Å². The maximum atomic E-state index is 12.5. The summed E-state index contributed by atoms with van der Waals surface area (Å²) in [5.74, 6) is -0.259. The molecule has 1 heterocycles. The van der Waals surface area contributed by atoms with Crippen LogP contribution in [-0.2, 0) is 11.3 Å². The fourth-order valence-corrected chi connectivity index (χ4v) is 2.88. The van der Waals surface area contributed by atoms with Gasteiger partial charge in [0.15, 0.2) is 0 Å². The van der Waals surface area contributed by atoms with E-state index in [0.717, 1.165) is 11.1 Å². The number of nitrogens with zero attached hydrogens (tertiary/aromatic N) is 1. The van der Waals surface area contributed by atoms with Crippen LogP contribution in [0.5, 0.6) is 5.75 Å². The first-order valence-corrected chi connectivity index (χ1v) is 8.12. The Labute approximate surface area is 147 Å². The van der Waals surface area contributed by atoms with Crippen LogP contribution < -0.4 is 5.32 Å². The summed E-state index contributed by atoms with van der Waals surface area (Å²) in [4.78, 5) is 25.8. The fourth-order valence-electron chi connectivity index (χ4n) is 2.49. The Morgan fingerprint density at radius 2 is 2.00 bits per heavy atom. The molecule has 0 saturated carbocycles. The van der Waals surface area contributed by atoms with Crippen LogP contribution >= 0.6 is 15.9 Å². The summed E-state index contributed by atoms with van der Waals surface area (Å²) in [6.07, 6.45) is 1.58. The van der Waals surface area contributed by atoms with E-state index in [1.165, 1.54) is 11.0 Å². The van der Waals surface area contributed by atoms with Crippen LogP contribution in [0.15, 0.2) is 52.6 Å². The maximum Gasteiger partial charge on any atom is 0.329 e. The number of hydrogen-bond acceptors (Lipinski definition) is 3. The number of halogens is 1. The summed E-state index contributed by atoms with van der Waals surface area (Å²) < 4.78 is 0.519. The van der Waals surface area contributed by atoms with Gasteiger partial charge >= 0.3 is 6.03 Å². The van der Waals surface area contributed by atoms with Crippen LogP contribution in [0.3, 0.4) is 0 Å². The minimum atomic E-state index is -0.439. The van der Waals surface area contributed by atoms with Gasteiger partial charge in [-0.3, -0.25) is 9.69 Å². The first-order valence-electron chi connectivity index (χ1n) is 7.32. The van der Waals surface area contributed by atoms with E-state index in [2.05, 4.69) is 21.2 Å². The SMILES string of the molecule is Cc1cccc(CN2C(=O)N/C(=C/c3ccc(O)c(Br)c3)C2=O)c1. The summed E-state index contributed by atoms with van der Waals surface area (Å²) in [6, 6.07) is 12.1. The molecule has 0 aromatic heterocycles. The molecule has 0 spiro atoms. The standard InChI is InChI=1S/C18H15BrN2O3/c1-11-3-2-4-13(7-11)10-21-17(23)15(20-18(21)24)9-12-5-6-16(22)14(19)8-12/h2-9,22H,10H2,1H3,(H,20,24)/b15-9+. The van der Waals surface area contributed by atoms with Gasteiger partial charge in [-0.25, -0.2) is 4.79 Å². The fraction of sp³-hybridized carbons (Fsp3) is 0.111. The number of benzene rings is 2. The lowest BCUT2D eigenvalue weighted by Gasteiger charge is -2.12. The number of aromatic hydroxyl groups is 1. The molecule has 2 N–H and O–H groups in total. The lowest BCUT2D eigenvalue weighted by molar-refractivity contribution is -0.123. The van der Waals surface area contributed by atoms with Crippen LogP contribution in [0.4, 0.5) is 4.79 Å². The Hall–Kier alpha value is -2.60. The van der Waals surface area contributed by atoms with E-state index in [1.807, 2.05) is 31.2 Å². The first kappa shape index (κ1) is 16.3. The second-order valence-corrected chi connectivity index (χ2v) is 6.43. The van der Waals surface area contributed by atoms with Crippen molar-refractivity contribution in [2.24, 2.45) is 0 Å². The Morgan fingerprint density at radius 1 is 1.21 bits per heavy atom. The molecule has 6 heteroatoms. The lowest BCUT2D eigenvalue weighted by atomic mass is 10.1. The van der Waals surface area contributed by atoms with Crippen molar-refractivity contribution in [2.75, 3.05) is 0 Å². The molecule has 0 bridgehead atoms. The minimum absolute atomic E-state index is 0.111. The Balaban J connectivity index is 1.83. The Bertz CT molecular complexity index is 861. The molecule has 2 aromatic rings. The zero-order valence-electron chi connectivity index (χ0n) is 12.9. The van der Waals surface area contributed by atoms with Crippen molar-refractivity contribution < 1.29 is 14.7 Å². The number of nitrogens with one attached hydrogen (secondary N) is 1. The molecule has 2 aromatic carbocycles. The molecule has 3 rings (SSSR count). The van der Waals surface area contributed by atoms with Crippen molar-refractivity contribution in [2.45, 2.75) is 13.5 Å². The maximum absolute atomic E-state index is 12.5. The van der Waals surface area contributed by atoms with E-state index in [0.29, 0.717) is 10.0 Å². The van der Waals surface area contributed by atoms with Crippen molar-refractivity contribution in [3.8, 4) is 5.75 Å². The molecule has 5 nitrogen and oxygen atoms in total. The average molecular weight is 387 g/mol. The monoisotopic (exact) mass is 386 g/mol. The number of hydrogen-bond donors (Lipinski definition) is 2. The quantitative estimate of drug-likeness (QED) is 0.625. The molecule has 0 unspecified atom stereocenters. The van der Waals surface area contributed by atoms with Crippen molar-refractivity contribution in [1.29, 1.82) is 0 Å². The van der Waals surface area contributed by atoms with Crippen LogP contribution in [-0.4, -0.2) is 21.9 Å². The highest BCUT2D eigenvalue weighted by Crippen LogP contribution is 2.26. The van der Waals surface area contributed by atoms with Crippen LogP contribution in [0.2, 0.25) is 0 Å². The van der Waals surface area contributed by atoms with E-state index in [9.17, 15) is 14.7 Å². The van der Waals surface area contributed by atoms with Gasteiger partial charge in [-0.05, 0) is 52.2 Å². The van der Waals surface area contributed by atoms with Gasteiger partial charge in [0, 0.05) is 0 Å². The Morgan fingerprint density at radius 3 is 2.71 bits per heavy atom. The van der Waals surface area contributed by atoms with Crippen molar-refractivity contribution >= 4 is 33.9 Å². The molecule has 1 fully saturated rings. The summed E-state index contributed by atoms with van der Waals surface area (Å²) in [5, 5.41) is 12.1. The van der Waals surface area contributed by atoms with Gasteiger partial charge in [-0.1, -0.05) is 35.9 Å². The predicted octanol–water partition coefficient (Wildman–Crippen LogP) is 3.56. The molecule has 24 heavy (non-hydrogen) atoms. The molecule has 0 aliphatic carbocycles. The molecule has 1 aliphatic rings. The van der Waals surface area contributed by atoms with Crippen LogP contribution in [0, 0.1) is 6.92 Å². The topological polar surface area (TPSA) is 69.6 Å². The van der Waals surface area contributed by atoms with E-state index < -0.39 is 6.03 Å². The van der Waals surface area contributed by atoms with Gasteiger partial charge in [-0.15, -0.1) is 0 Å². The molecule has 3 amide bonds. The molecular formula is C18H15BrN2O3. The number of phenolic OH excluding ortho intramolecular Hbond substituents is 1. The number of urea groups is 1. The summed E-state index contributed by atoms with van der Waals surface area (Å²) in [5.41, 5.74) is 2.88. The first-order chi connectivity index (χ1) is 11.4. The number of phenols is 1. The van der Waals surface area contributed by atoms with Gasteiger partial charge in [0.1, 0.15) is 11.4 Å². The van der Waals surface area contributed by atoms with Gasteiger partial charge in [0.2, 0.25) is 0 Å². The number of imide groups is 1. The zero-order valence-corrected chi connectivity index (χ0v) is 14.5. The zero-order chi connectivity index (χ0) is 17.3. The van der Waals surface area contributed by atoms with Crippen molar-refractivity contribution in [3.05, 3.63) is 69.3 Å². The largest absolute Gasteiger partial charge is 0.507 e. The highest BCUT2D eigenvalue weighted by Gasteiger charge is 2.33. The number of rotatable bonds is 3. The molecule has 0 radical (unpaired) electrons. The smallest absolute Gasteiger partial charge is 0.329 e. The Kier molecular flexibility index (Phi) is 4.40. The summed E-state index contributed by atoms with van der Waals surface area (Å²) in [7, 11) is 0. The summed E-state index contributed by atoms with van der Waals surface area (Å²) >= 11 is 3.22. The van der Waals surface area contributed by atoms with Crippen LogP contribution in [0.1, 0.15) is 16.7 Å². The minimum Gasteiger partial charge on any atom is -0.507 e. The third kappa shape index (κ3) is 3.33. The van der Waals surface area contributed by atoms with E-state index in [1.54, 1.807) is 18.2 Å². The van der Waals surface area contributed by atoms with Crippen molar-refractivity contribution in [3.63, 3.8) is 0 Å². The number of amides is 3. The highest BCUT2D eigenvalue weighted by molar-refractivity contribution is 9.10. The van der Waals surface area contributed by atoms with Gasteiger partial charge < -0.3 is 10.4 Å². The summed E-state index contributed by atoms with van der Waals surface area (Å²) in [6.45, 7) is 2.19. The number of carbonyl (C=O) groups excluding carboxylic acids is 2. The molecular weight excluding hydrogens is 372 g/mol. The predicted molar refractivity (Wildman–Crippen MR) is 94.0 cm³/mol. The van der Waals surface area contributed by atoms with E-state index >= 15 is 0 Å². The molecule has 0 atom stereocenters. The number of carbonyl (C=O) groups is 2. The third-order valence-corrected chi connectivity index (χ3v) is 4.30. The number of aryl methyl sites for hydroxylation is 1. The van der Waals surface area contributed by atoms with Crippen molar-refractivity contribution in [1.82, 2.24) is 10.2 Å². The molecule has 122 valence electrons. The third-order valence-electron chi connectivity index (χ3n) is 3.67. The second-order valence-electron chi connectivity index (χ2n) is 5.58. The molecule has 1 aliphatic heterocycles. The normalized spacial score (nSPS) is 15.9. The average Bonchev–Trinajstić information content (AvgIpc) is 2.79. The lowest BCUT2D eigenvalue weighted by Crippen LogP contribution is -2.30. The highest BCUT2D eigenvalue weighted by atomic mass is 79.9.